The van der Waals surface area contributed by atoms with E-state index in [4.69, 9.17) is 0 Å². The van der Waals surface area contributed by atoms with Gasteiger partial charge >= 0.3 is 0 Å². The summed E-state index contributed by atoms with van der Waals surface area (Å²) in [7, 11) is 0.514. The molecule has 0 unspecified atom stereocenters. The molecule has 1 saturated heterocycles. The Hall–Kier alpha value is -2.75. The molecule has 2 aromatic carbocycles. The third-order valence-electron chi connectivity index (χ3n) is 5.62. The van der Waals surface area contributed by atoms with Crippen LogP contribution in [0.2, 0.25) is 0 Å². The van der Waals surface area contributed by atoms with Crippen LogP contribution in [0.1, 0.15) is 31.2 Å². The topological polar surface area (TPSA) is 77.9 Å². The maximum atomic E-state index is 13.1. The molecule has 1 N–H and O–H groups in total. The lowest BCUT2D eigenvalue weighted by Crippen LogP contribution is -2.31. The van der Waals surface area contributed by atoms with Crippen molar-refractivity contribution < 1.29 is 8.42 Å². The number of sulfonamides is 1. The van der Waals surface area contributed by atoms with Gasteiger partial charge in [-0.05, 0) is 42.7 Å². The lowest BCUT2D eigenvalue weighted by atomic mass is 10.2. The van der Waals surface area contributed by atoms with Crippen LogP contribution in [0, 0.1) is 0 Å². The van der Waals surface area contributed by atoms with E-state index in [2.05, 4.69) is 15.5 Å². The zero-order chi connectivity index (χ0) is 23.3. The molecule has 1 aliphatic heterocycles. The van der Waals surface area contributed by atoms with Crippen LogP contribution in [0.4, 0.5) is 10.8 Å². The first kappa shape index (κ1) is 23.4. The highest BCUT2D eigenvalue weighted by atomic mass is 32.2. The summed E-state index contributed by atoms with van der Waals surface area (Å²) in [6, 6.07) is 15.1. The molecule has 3 aromatic rings. The average molecular weight is 484 g/mol. The molecule has 0 aliphatic carbocycles. The van der Waals surface area contributed by atoms with E-state index < -0.39 is 10.0 Å². The number of hydrogen-bond donors (Lipinski definition) is 1. The minimum Gasteiger partial charge on any atom is -0.378 e. The lowest BCUT2D eigenvalue weighted by molar-refractivity contribution is 0.424. The van der Waals surface area contributed by atoms with Crippen molar-refractivity contribution in [1.29, 1.82) is 0 Å². The standard InChI is InChI=1S/C24H29N5O2S2/c1-28(2)21-12-10-19(11-13-21)17-25-27-24-26-23(18-32-24)20-8-7-9-22(16-20)33(30,31)29-14-5-3-4-6-15-29/h7-13,16-18H,3-6,14-15H2,1-2H3,(H,26,27). The minimum absolute atomic E-state index is 0.323. The molecule has 4 rings (SSSR count). The normalized spacial score (nSPS) is 15.5. The van der Waals surface area contributed by atoms with Gasteiger partial charge in [0.2, 0.25) is 15.2 Å². The van der Waals surface area contributed by atoms with Crippen LogP contribution in [0.5, 0.6) is 0 Å². The molecule has 174 valence electrons. The molecule has 0 saturated carbocycles. The summed E-state index contributed by atoms with van der Waals surface area (Å²) in [5.41, 5.74) is 6.58. The van der Waals surface area contributed by atoms with Crippen molar-refractivity contribution in [2.45, 2.75) is 30.6 Å². The second-order valence-corrected chi connectivity index (χ2v) is 11.0. The molecule has 1 aliphatic rings. The molecule has 1 fully saturated rings. The molecular formula is C24H29N5O2S2. The number of rotatable bonds is 7. The van der Waals surface area contributed by atoms with Gasteiger partial charge < -0.3 is 4.90 Å². The maximum absolute atomic E-state index is 13.1. The van der Waals surface area contributed by atoms with Gasteiger partial charge in [-0.1, -0.05) is 37.1 Å². The highest BCUT2D eigenvalue weighted by Crippen LogP contribution is 2.28. The summed E-state index contributed by atoms with van der Waals surface area (Å²) >= 11 is 1.43. The van der Waals surface area contributed by atoms with Crippen LogP contribution < -0.4 is 10.3 Å². The van der Waals surface area contributed by atoms with Gasteiger partial charge in [-0.25, -0.2) is 13.4 Å². The fraction of sp³-hybridized carbons (Fsp3) is 0.333. The summed E-state index contributed by atoms with van der Waals surface area (Å²) in [6.45, 7) is 1.18. The number of benzene rings is 2. The van der Waals surface area contributed by atoms with E-state index in [1.54, 1.807) is 28.7 Å². The highest BCUT2D eigenvalue weighted by Gasteiger charge is 2.25. The Balaban J connectivity index is 1.45. The van der Waals surface area contributed by atoms with Crippen LogP contribution in [0.3, 0.4) is 0 Å². The Labute approximate surface area is 199 Å². The van der Waals surface area contributed by atoms with Gasteiger partial charge in [0, 0.05) is 43.8 Å². The van der Waals surface area contributed by atoms with Crippen molar-refractivity contribution in [3.63, 3.8) is 0 Å². The Morgan fingerprint density at radius 2 is 1.79 bits per heavy atom. The van der Waals surface area contributed by atoms with Crippen LogP contribution >= 0.6 is 11.3 Å². The van der Waals surface area contributed by atoms with E-state index >= 15 is 0 Å². The second kappa shape index (κ2) is 10.5. The summed E-state index contributed by atoms with van der Waals surface area (Å²) in [6.07, 6.45) is 5.75. The molecule has 7 nitrogen and oxygen atoms in total. The van der Waals surface area contributed by atoms with Gasteiger partial charge in [-0.3, -0.25) is 5.43 Å². The number of hydrazone groups is 1. The Morgan fingerprint density at radius 1 is 1.06 bits per heavy atom. The zero-order valence-electron chi connectivity index (χ0n) is 18.9. The van der Waals surface area contributed by atoms with E-state index in [0.29, 0.717) is 23.1 Å². The molecule has 9 heteroatoms. The largest absolute Gasteiger partial charge is 0.378 e. The molecule has 1 aromatic heterocycles. The number of thiazole rings is 1. The molecular weight excluding hydrogens is 454 g/mol. The smallest absolute Gasteiger partial charge is 0.243 e. The second-order valence-electron chi connectivity index (χ2n) is 8.24. The van der Waals surface area contributed by atoms with Crippen molar-refractivity contribution in [3.8, 4) is 11.3 Å². The van der Waals surface area contributed by atoms with E-state index in [0.717, 1.165) is 48.2 Å². The van der Waals surface area contributed by atoms with Crippen molar-refractivity contribution >= 4 is 38.4 Å². The van der Waals surface area contributed by atoms with Crippen molar-refractivity contribution in [1.82, 2.24) is 9.29 Å². The summed E-state index contributed by atoms with van der Waals surface area (Å²) in [5, 5.41) is 6.83. The first-order valence-electron chi connectivity index (χ1n) is 11.1. The van der Waals surface area contributed by atoms with Gasteiger partial charge in [0.1, 0.15) is 0 Å². The fourth-order valence-electron chi connectivity index (χ4n) is 3.73. The summed E-state index contributed by atoms with van der Waals surface area (Å²) in [4.78, 5) is 6.95. The summed E-state index contributed by atoms with van der Waals surface area (Å²) < 4.78 is 27.9. The molecule has 33 heavy (non-hydrogen) atoms. The van der Waals surface area contributed by atoms with Gasteiger partial charge in [0.25, 0.3) is 0 Å². The van der Waals surface area contributed by atoms with E-state index in [1.807, 2.05) is 54.7 Å². The van der Waals surface area contributed by atoms with E-state index in [-0.39, 0.29) is 0 Å². The average Bonchev–Trinajstić information content (AvgIpc) is 3.11. The molecule has 0 radical (unpaired) electrons. The number of aromatic nitrogens is 1. The Kier molecular flexibility index (Phi) is 7.42. The highest BCUT2D eigenvalue weighted by molar-refractivity contribution is 7.89. The summed E-state index contributed by atoms with van der Waals surface area (Å²) in [5.74, 6) is 0. The Morgan fingerprint density at radius 3 is 2.48 bits per heavy atom. The van der Waals surface area contributed by atoms with E-state index in [1.165, 1.54) is 11.3 Å². The van der Waals surface area contributed by atoms with Gasteiger partial charge in [0.05, 0.1) is 16.8 Å². The predicted octanol–water partition coefficient (Wildman–Crippen LogP) is 4.89. The molecule has 0 spiro atoms. The van der Waals surface area contributed by atoms with Crippen LogP contribution in [0.15, 0.2) is 63.9 Å². The van der Waals surface area contributed by atoms with Crippen LogP contribution in [-0.2, 0) is 10.0 Å². The maximum Gasteiger partial charge on any atom is 0.243 e. The third-order valence-corrected chi connectivity index (χ3v) is 8.26. The quantitative estimate of drug-likeness (QED) is 0.383. The van der Waals surface area contributed by atoms with Crippen molar-refractivity contribution in [2.24, 2.45) is 5.10 Å². The van der Waals surface area contributed by atoms with Gasteiger partial charge in [-0.2, -0.15) is 9.41 Å². The minimum atomic E-state index is -3.50. The first-order chi connectivity index (χ1) is 15.9. The molecule has 0 bridgehead atoms. The van der Waals surface area contributed by atoms with Crippen molar-refractivity contribution in [2.75, 3.05) is 37.5 Å². The Bertz CT molecular complexity index is 1200. The zero-order valence-corrected chi connectivity index (χ0v) is 20.6. The lowest BCUT2D eigenvalue weighted by Gasteiger charge is -2.20. The molecule has 0 amide bonds. The first-order valence-corrected chi connectivity index (χ1v) is 13.4. The van der Waals surface area contributed by atoms with E-state index in [9.17, 15) is 8.42 Å². The van der Waals surface area contributed by atoms with Crippen LogP contribution in [-0.4, -0.2) is 51.1 Å². The van der Waals surface area contributed by atoms with Crippen LogP contribution in [0.25, 0.3) is 11.3 Å². The molecule has 2 heterocycles. The van der Waals surface area contributed by atoms with Crippen molar-refractivity contribution in [3.05, 3.63) is 59.5 Å². The molecule has 0 atom stereocenters. The fourth-order valence-corrected chi connectivity index (χ4v) is 5.96. The predicted molar refractivity (Wildman–Crippen MR) is 137 cm³/mol. The van der Waals surface area contributed by atoms with Gasteiger partial charge in [-0.15, -0.1) is 11.3 Å². The SMILES string of the molecule is CN(C)c1ccc(C=NNc2nc(-c3cccc(S(=O)(=O)N4CCCCCC4)c3)cs2)cc1. The third kappa shape index (κ3) is 5.79. The number of anilines is 2. The number of hydrogen-bond acceptors (Lipinski definition) is 7. The van der Waals surface area contributed by atoms with Gasteiger partial charge in [0.15, 0.2) is 0 Å². The number of nitrogens with one attached hydrogen (secondary N) is 1. The number of nitrogens with zero attached hydrogens (tertiary/aromatic N) is 4. The monoisotopic (exact) mass is 483 g/mol.